The third-order valence-electron chi connectivity index (χ3n) is 3.78. The van der Waals surface area contributed by atoms with Crippen molar-refractivity contribution in [3.63, 3.8) is 0 Å². The first-order valence-corrected chi connectivity index (χ1v) is 6.62. The number of aryl methyl sites for hydroxylation is 2. The highest BCUT2D eigenvalue weighted by atomic mass is 15.1. The molecule has 0 atom stereocenters. The molecule has 0 radical (unpaired) electrons. The fourth-order valence-corrected chi connectivity index (χ4v) is 2.85. The summed E-state index contributed by atoms with van der Waals surface area (Å²) < 4.78 is 2.27. The van der Waals surface area contributed by atoms with E-state index >= 15 is 0 Å². The van der Waals surface area contributed by atoms with Gasteiger partial charge < -0.3 is 4.57 Å². The summed E-state index contributed by atoms with van der Waals surface area (Å²) in [4.78, 5) is 4.63. The van der Waals surface area contributed by atoms with Crippen molar-refractivity contribution in [3.05, 3.63) is 66.5 Å². The van der Waals surface area contributed by atoms with E-state index in [4.69, 9.17) is 0 Å². The van der Waals surface area contributed by atoms with Gasteiger partial charge in [0.05, 0.1) is 17.7 Å². The van der Waals surface area contributed by atoms with Gasteiger partial charge in [-0.25, -0.2) is 4.98 Å². The van der Waals surface area contributed by atoms with Gasteiger partial charge in [-0.3, -0.25) is 0 Å². The van der Waals surface area contributed by atoms with Crippen LogP contribution < -0.4 is 0 Å². The minimum absolute atomic E-state index is 1.02. The molecule has 92 valence electrons. The molecular formula is C17H14N2. The third kappa shape index (κ3) is 1.60. The Kier molecular flexibility index (Phi) is 2.27. The fraction of sp³-hybridized carbons (Fsp3) is 0.118. The zero-order valence-electron chi connectivity index (χ0n) is 10.6. The predicted molar refractivity (Wildman–Crippen MR) is 76.8 cm³/mol. The SMILES string of the molecule is c1ccc(-c2ncn3c2-c2ccccc2CC3)cc1. The van der Waals surface area contributed by atoms with Gasteiger partial charge in [-0.05, 0) is 12.0 Å². The van der Waals surface area contributed by atoms with E-state index in [0.717, 1.165) is 18.7 Å². The largest absolute Gasteiger partial charge is 0.330 e. The van der Waals surface area contributed by atoms with Crippen molar-refractivity contribution in [2.75, 3.05) is 0 Å². The first kappa shape index (κ1) is 10.6. The minimum atomic E-state index is 1.02. The zero-order chi connectivity index (χ0) is 12.7. The van der Waals surface area contributed by atoms with Crippen molar-refractivity contribution in [3.8, 4) is 22.5 Å². The maximum absolute atomic E-state index is 4.63. The van der Waals surface area contributed by atoms with Gasteiger partial charge in [-0.15, -0.1) is 0 Å². The van der Waals surface area contributed by atoms with E-state index in [1.165, 1.54) is 22.4 Å². The molecule has 0 spiro atoms. The molecule has 2 nitrogen and oxygen atoms in total. The molecule has 19 heavy (non-hydrogen) atoms. The van der Waals surface area contributed by atoms with Crippen LogP contribution >= 0.6 is 0 Å². The molecule has 0 aliphatic carbocycles. The molecule has 0 saturated heterocycles. The number of rotatable bonds is 1. The summed E-state index contributed by atoms with van der Waals surface area (Å²) in [5.74, 6) is 0. The number of hydrogen-bond acceptors (Lipinski definition) is 1. The molecule has 2 aromatic carbocycles. The van der Waals surface area contributed by atoms with Gasteiger partial charge in [0.2, 0.25) is 0 Å². The van der Waals surface area contributed by atoms with Crippen molar-refractivity contribution >= 4 is 0 Å². The van der Waals surface area contributed by atoms with Crippen LogP contribution in [0.2, 0.25) is 0 Å². The highest BCUT2D eigenvalue weighted by molar-refractivity contribution is 5.81. The quantitative estimate of drug-likeness (QED) is 0.639. The van der Waals surface area contributed by atoms with Gasteiger partial charge >= 0.3 is 0 Å². The lowest BCUT2D eigenvalue weighted by Gasteiger charge is -2.19. The van der Waals surface area contributed by atoms with Gasteiger partial charge in [0.15, 0.2) is 0 Å². The lowest BCUT2D eigenvalue weighted by atomic mass is 9.95. The first-order valence-electron chi connectivity index (χ1n) is 6.62. The van der Waals surface area contributed by atoms with E-state index in [0.29, 0.717) is 0 Å². The van der Waals surface area contributed by atoms with Crippen molar-refractivity contribution in [1.82, 2.24) is 9.55 Å². The van der Waals surface area contributed by atoms with E-state index in [1.807, 2.05) is 12.4 Å². The Morgan fingerprint density at radius 3 is 2.58 bits per heavy atom. The second-order valence-electron chi connectivity index (χ2n) is 4.91. The summed E-state index contributed by atoms with van der Waals surface area (Å²) in [7, 11) is 0. The van der Waals surface area contributed by atoms with Crippen LogP contribution in [-0.2, 0) is 13.0 Å². The second-order valence-corrected chi connectivity index (χ2v) is 4.91. The van der Waals surface area contributed by atoms with Crippen LogP contribution in [0.25, 0.3) is 22.5 Å². The maximum atomic E-state index is 4.63. The van der Waals surface area contributed by atoms with Crippen LogP contribution in [0.5, 0.6) is 0 Å². The average Bonchev–Trinajstić information content (AvgIpc) is 2.92. The predicted octanol–water partition coefficient (Wildman–Crippen LogP) is 3.77. The summed E-state index contributed by atoms with van der Waals surface area (Å²) in [6.45, 7) is 1.02. The Morgan fingerprint density at radius 2 is 1.68 bits per heavy atom. The Balaban J connectivity index is 1.97. The van der Waals surface area contributed by atoms with Gasteiger partial charge in [0.25, 0.3) is 0 Å². The molecule has 4 rings (SSSR count). The summed E-state index contributed by atoms with van der Waals surface area (Å²) in [6.07, 6.45) is 3.06. The van der Waals surface area contributed by atoms with Crippen molar-refractivity contribution in [1.29, 1.82) is 0 Å². The Morgan fingerprint density at radius 1 is 0.895 bits per heavy atom. The molecule has 1 aliphatic heterocycles. The second kappa shape index (κ2) is 4.09. The topological polar surface area (TPSA) is 17.8 Å². The number of fused-ring (bicyclic) bond motifs is 3. The number of aromatic nitrogens is 2. The van der Waals surface area contributed by atoms with Crippen molar-refractivity contribution in [2.45, 2.75) is 13.0 Å². The lowest BCUT2D eigenvalue weighted by molar-refractivity contribution is 0.684. The van der Waals surface area contributed by atoms with Crippen LogP contribution in [0, 0.1) is 0 Å². The van der Waals surface area contributed by atoms with Crippen LogP contribution in [0.3, 0.4) is 0 Å². The first-order chi connectivity index (χ1) is 9.43. The molecule has 1 aromatic heterocycles. The van der Waals surface area contributed by atoms with Crippen LogP contribution in [0.1, 0.15) is 5.56 Å². The smallest absolute Gasteiger partial charge is 0.0963 e. The molecule has 0 saturated carbocycles. The summed E-state index contributed by atoms with van der Waals surface area (Å²) in [6, 6.07) is 19.1. The Bertz CT molecular complexity index is 726. The normalized spacial score (nSPS) is 12.8. The van der Waals surface area contributed by atoms with Gasteiger partial charge in [-0.1, -0.05) is 54.6 Å². The van der Waals surface area contributed by atoms with E-state index in [9.17, 15) is 0 Å². The monoisotopic (exact) mass is 246 g/mol. The Labute approximate surface area is 112 Å². The van der Waals surface area contributed by atoms with E-state index in [1.54, 1.807) is 0 Å². The summed E-state index contributed by atoms with van der Waals surface area (Å²) in [5.41, 5.74) is 6.28. The molecule has 3 aromatic rings. The Hall–Kier alpha value is -2.35. The maximum Gasteiger partial charge on any atom is 0.0963 e. The van der Waals surface area contributed by atoms with Gasteiger partial charge in [-0.2, -0.15) is 0 Å². The molecule has 0 N–H and O–H groups in total. The summed E-state index contributed by atoms with van der Waals surface area (Å²) >= 11 is 0. The van der Waals surface area contributed by atoms with Gasteiger partial charge in [0.1, 0.15) is 0 Å². The molecule has 0 unspecified atom stereocenters. The molecule has 0 fully saturated rings. The highest BCUT2D eigenvalue weighted by Gasteiger charge is 2.20. The standard InChI is InChI=1S/C17H14N2/c1-2-7-14(8-3-1)16-17-15-9-5-4-6-13(15)10-11-19(17)12-18-16/h1-9,12H,10-11H2. The molecule has 2 heteroatoms. The average molecular weight is 246 g/mol. The zero-order valence-corrected chi connectivity index (χ0v) is 10.6. The lowest BCUT2D eigenvalue weighted by Crippen LogP contribution is -2.09. The van der Waals surface area contributed by atoms with Gasteiger partial charge in [0, 0.05) is 17.7 Å². The molecule has 1 aliphatic rings. The van der Waals surface area contributed by atoms with E-state index in [2.05, 4.69) is 58.1 Å². The van der Waals surface area contributed by atoms with Crippen molar-refractivity contribution < 1.29 is 0 Å². The summed E-state index contributed by atoms with van der Waals surface area (Å²) in [5, 5.41) is 0. The minimum Gasteiger partial charge on any atom is -0.330 e. The van der Waals surface area contributed by atoms with Crippen LogP contribution in [0.15, 0.2) is 60.9 Å². The number of imidazole rings is 1. The van der Waals surface area contributed by atoms with E-state index in [-0.39, 0.29) is 0 Å². The number of hydrogen-bond donors (Lipinski definition) is 0. The number of nitrogens with zero attached hydrogens (tertiary/aromatic N) is 2. The van der Waals surface area contributed by atoms with Crippen LogP contribution in [-0.4, -0.2) is 9.55 Å². The molecular weight excluding hydrogens is 232 g/mol. The molecule has 0 bridgehead atoms. The van der Waals surface area contributed by atoms with Crippen molar-refractivity contribution in [2.24, 2.45) is 0 Å². The molecule has 2 heterocycles. The molecule has 0 amide bonds. The highest BCUT2D eigenvalue weighted by Crippen LogP contribution is 2.36. The number of benzene rings is 2. The van der Waals surface area contributed by atoms with E-state index < -0.39 is 0 Å². The van der Waals surface area contributed by atoms with Crippen LogP contribution in [0.4, 0.5) is 0 Å². The third-order valence-corrected chi connectivity index (χ3v) is 3.78. The fourth-order valence-electron chi connectivity index (χ4n) is 2.85.